The molecule has 0 heterocycles. The van der Waals surface area contributed by atoms with E-state index >= 15 is 0 Å². The SMILES string of the molecule is CC(C)(C)OCC(O)CNCc1cc(Br)ccc1F. The molecule has 1 unspecified atom stereocenters. The van der Waals surface area contributed by atoms with Crippen LogP contribution in [0.4, 0.5) is 4.39 Å². The normalized spacial score (nSPS) is 13.6. The third kappa shape index (κ3) is 7.01. The Bertz CT molecular complexity index is 407. The number of aliphatic hydroxyl groups excluding tert-OH is 1. The van der Waals surface area contributed by atoms with Gasteiger partial charge in [0.2, 0.25) is 0 Å². The first-order chi connectivity index (χ1) is 8.78. The molecule has 108 valence electrons. The molecule has 19 heavy (non-hydrogen) atoms. The average molecular weight is 334 g/mol. The maximum atomic E-state index is 13.5. The van der Waals surface area contributed by atoms with Crippen LogP contribution >= 0.6 is 15.9 Å². The van der Waals surface area contributed by atoms with Gasteiger partial charge in [-0.2, -0.15) is 0 Å². The molecule has 0 aliphatic rings. The van der Waals surface area contributed by atoms with Gasteiger partial charge in [0.05, 0.1) is 18.3 Å². The molecule has 2 N–H and O–H groups in total. The standard InChI is InChI=1S/C14H21BrFNO2/c1-14(2,3)19-9-12(18)8-17-7-10-6-11(15)4-5-13(10)16/h4-6,12,17-18H,7-9H2,1-3H3. The lowest BCUT2D eigenvalue weighted by molar-refractivity contribution is -0.0479. The first-order valence-corrected chi connectivity index (χ1v) is 7.04. The van der Waals surface area contributed by atoms with Crippen molar-refractivity contribution in [1.82, 2.24) is 5.32 Å². The lowest BCUT2D eigenvalue weighted by atomic mass is 10.2. The zero-order valence-corrected chi connectivity index (χ0v) is 13.1. The monoisotopic (exact) mass is 333 g/mol. The second-order valence-corrected chi connectivity index (χ2v) is 6.36. The van der Waals surface area contributed by atoms with Gasteiger partial charge in [-0.3, -0.25) is 0 Å². The van der Waals surface area contributed by atoms with Crippen molar-refractivity contribution in [3.05, 3.63) is 34.1 Å². The third-order valence-corrected chi connectivity index (χ3v) is 2.91. The van der Waals surface area contributed by atoms with E-state index in [0.29, 0.717) is 18.7 Å². The molecule has 0 fully saturated rings. The highest BCUT2D eigenvalue weighted by molar-refractivity contribution is 9.10. The smallest absolute Gasteiger partial charge is 0.127 e. The Morgan fingerprint density at radius 3 is 2.74 bits per heavy atom. The van der Waals surface area contributed by atoms with Gasteiger partial charge in [0.25, 0.3) is 0 Å². The second-order valence-electron chi connectivity index (χ2n) is 5.44. The topological polar surface area (TPSA) is 41.5 Å². The number of halogens is 2. The molecule has 5 heteroatoms. The van der Waals surface area contributed by atoms with Crippen LogP contribution in [0.5, 0.6) is 0 Å². The Kier molecular flexibility index (Phi) is 6.39. The van der Waals surface area contributed by atoms with Crippen molar-refractivity contribution in [3.63, 3.8) is 0 Å². The summed E-state index contributed by atoms with van der Waals surface area (Å²) in [6, 6.07) is 4.80. The van der Waals surface area contributed by atoms with Gasteiger partial charge >= 0.3 is 0 Å². The third-order valence-electron chi connectivity index (χ3n) is 2.41. The first kappa shape index (κ1) is 16.6. The van der Waals surface area contributed by atoms with E-state index in [1.807, 2.05) is 20.8 Å². The van der Waals surface area contributed by atoms with E-state index in [4.69, 9.17) is 4.74 Å². The molecule has 0 aliphatic carbocycles. The summed E-state index contributed by atoms with van der Waals surface area (Å²) < 4.78 is 19.8. The van der Waals surface area contributed by atoms with E-state index in [1.54, 1.807) is 12.1 Å². The Morgan fingerprint density at radius 2 is 2.11 bits per heavy atom. The van der Waals surface area contributed by atoms with Crippen LogP contribution in [0, 0.1) is 5.82 Å². The highest BCUT2D eigenvalue weighted by Gasteiger charge is 2.13. The van der Waals surface area contributed by atoms with Gasteiger partial charge in [-0.25, -0.2) is 4.39 Å². The van der Waals surface area contributed by atoms with Gasteiger partial charge in [0.1, 0.15) is 5.82 Å². The molecule has 1 aromatic rings. The van der Waals surface area contributed by atoms with Crippen LogP contribution < -0.4 is 5.32 Å². The number of benzene rings is 1. The minimum absolute atomic E-state index is 0.254. The number of hydrogen-bond donors (Lipinski definition) is 2. The molecule has 0 radical (unpaired) electrons. The largest absolute Gasteiger partial charge is 0.389 e. The number of ether oxygens (including phenoxy) is 1. The molecule has 0 aliphatic heterocycles. The summed E-state index contributed by atoms with van der Waals surface area (Å²) in [7, 11) is 0. The molecule has 0 saturated carbocycles. The van der Waals surface area contributed by atoms with Crippen LogP contribution in [0.1, 0.15) is 26.3 Å². The van der Waals surface area contributed by atoms with Crippen molar-refractivity contribution in [3.8, 4) is 0 Å². The van der Waals surface area contributed by atoms with Crippen LogP contribution in [0.2, 0.25) is 0 Å². The molecular formula is C14H21BrFNO2. The van der Waals surface area contributed by atoms with Crippen molar-refractivity contribution in [2.75, 3.05) is 13.2 Å². The van der Waals surface area contributed by atoms with E-state index in [2.05, 4.69) is 21.2 Å². The minimum Gasteiger partial charge on any atom is -0.389 e. The van der Waals surface area contributed by atoms with Crippen molar-refractivity contribution < 1.29 is 14.2 Å². The molecule has 0 bridgehead atoms. The highest BCUT2D eigenvalue weighted by atomic mass is 79.9. The predicted octanol–water partition coefficient (Wildman–Crippen LogP) is 2.85. The van der Waals surface area contributed by atoms with Crippen LogP contribution in [0.15, 0.2) is 22.7 Å². The molecule has 1 atom stereocenters. The molecule has 0 spiro atoms. The van der Waals surface area contributed by atoms with Crippen LogP contribution in [0.3, 0.4) is 0 Å². The number of aliphatic hydroxyl groups is 1. The number of rotatable bonds is 6. The van der Waals surface area contributed by atoms with Gasteiger partial charge in [-0.15, -0.1) is 0 Å². The van der Waals surface area contributed by atoms with Crippen molar-refractivity contribution >= 4 is 15.9 Å². The molecule has 1 aromatic carbocycles. The van der Waals surface area contributed by atoms with E-state index < -0.39 is 6.10 Å². The van der Waals surface area contributed by atoms with Crippen LogP contribution in [0.25, 0.3) is 0 Å². The van der Waals surface area contributed by atoms with Gasteiger partial charge in [0.15, 0.2) is 0 Å². The molecule has 0 amide bonds. The summed E-state index contributed by atoms with van der Waals surface area (Å²) >= 11 is 3.30. The lowest BCUT2D eigenvalue weighted by Crippen LogP contribution is -2.33. The minimum atomic E-state index is -0.602. The Morgan fingerprint density at radius 1 is 1.42 bits per heavy atom. The number of nitrogens with one attached hydrogen (secondary N) is 1. The fourth-order valence-corrected chi connectivity index (χ4v) is 1.87. The summed E-state index contributed by atoms with van der Waals surface area (Å²) in [5.74, 6) is -0.254. The maximum absolute atomic E-state index is 13.5. The Labute approximate surface area is 122 Å². The molecule has 1 rings (SSSR count). The van der Waals surface area contributed by atoms with Crippen LogP contribution in [-0.2, 0) is 11.3 Å². The zero-order valence-electron chi connectivity index (χ0n) is 11.5. The summed E-state index contributed by atoms with van der Waals surface area (Å²) in [5, 5.41) is 12.7. The molecular weight excluding hydrogens is 313 g/mol. The quantitative estimate of drug-likeness (QED) is 0.841. The van der Waals surface area contributed by atoms with Crippen molar-refractivity contribution in [2.24, 2.45) is 0 Å². The predicted molar refractivity (Wildman–Crippen MR) is 77.5 cm³/mol. The van der Waals surface area contributed by atoms with Crippen LogP contribution in [-0.4, -0.2) is 30.0 Å². The van der Waals surface area contributed by atoms with Gasteiger partial charge in [-0.1, -0.05) is 15.9 Å². The highest BCUT2D eigenvalue weighted by Crippen LogP contribution is 2.15. The molecule has 0 saturated heterocycles. The Balaban J connectivity index is 2.32. The molecule has 3 nitrogen and oxygen atoms in total. The number of hydrogen-bond acceptors (Lipinski definition) is 3. The second kappa shape index (κ2) is 7.33. The van der Waals surface area contributed by atoms with E-state index in [-0.39, 0.29) is 18.0 Å². The fourth-order valence-electron chi connectivity index (χ4n) is 1.46. The van der Waals surface area contributed by atoms with Gasteiger partial charge in [0, 0.05) is 23.1 Å². The zero-order chi connectivity index (χ0) is 14.5. The lowest BCUT2D eigenvalue weighted by Gasteiger charge is -2.22. The first-order valence-electron chi connectivity index (χ1n) is 6.24. The summed E-state index contributed by atoms with van der Waals surface area (Å²) in [5.41, 5.74) is 0.301. The Hall–Kier alpha value is -0.490. The molecule has 0 aromatic heterocycles. The maximum Gasteiger partial charge on any atom is 0.127 e. The van der Waals surface area contributed by atoms with Gasteiger partial charge < -0.3 is 15.2 Å². The van der Waals surface area contributed by atoms with E-state index in [0.717, 1.165) is 4.47 Å². The van der Waals surface area contributed by atoms with Crippen molar-refractivity contribution in [2.45, 2.75) is 39.0 Å². The van der Waals surface area contributed by atoms with Gasteiger partial charge in [-0.05, 0) is 39.0 Å². The van der Waals surface area contributed by atoms with E-state index in [1.165, 1.54) is 6.07 Å². The van der Waals surface area contributed by atoms with Crippen molar-refractivity contribution in [1.29, 1.82) is 0 Å². The average Bonchev–Trinajstić information content (AvgIpc) is 2.30. The summed E-state index contributed by atoms with van der Waals surface area (Å²) in [6.07, 6.45) is -0.602. The van der Waals surface area contributed by atoms with E-state index in [9.17, 15) is 9.50 Å². The summed E-state index contributed by atoms with van der Waals surface area (Å²) in [4.78, 5) is 0. The summed E-state index contributed by atoms with van der Waals surface area (Å²) in [6.45, 7) is 6.80. The fraction of sp³-hybridized carbons (Fsp3) is 0.571.